The van der Waals surface area contributed by atoms with Gasteiger partial charge in [0.25, 0.3) is 0 Å². The van der Waals surface area contributed by atoms with Gasteiger partial charge in [0.15, 0.2) is 6.29 Å². The lowest BCUT2D eigenvalue weighted by Gasteiger charge is -2.39. The third-order valence-electron chi connectivity index (χ3n) is 5.63. The first kappa shape index (κ1) is 21.2. The summed E-state index contributed by atoms with van der Waals surface area (Å²) in [5, 5.41) is 0. The van der Waals surface area contributed by atoms with E-state index in [2.05, 4.69) is 27.7 Å². The topological polar surface area (TPSA) is 27.7 Å². The molecule has 3 nitrogen and oxygen atoms in total. The maximum absolute atomic E-state index is 6.40. The monoisotopic (exact) mass is 362 g/mol. The minimum Gasteiger partial charge on any atom is -0.497 e. The Morgan fingerprint density at radius 1 is 1.12 bits per heavy atom. The van der Waals surface area contributed by atoms with Crippen LogP contribution in [0.25, 0.3) is 0 Å². The molecule has 0 amide bonds. The third-order valence-corrected chi connectivity index (χ3v) is 5.63. The van der Waals surface area contributed by atoms with Crippen molar-refractivity contribution in [2.45, 2.75) is 78.6 Å². The van der Waals surface area contributed by atoms with E-state index in [1.54, 1.807) is 7.11 Å². The summed E-state index contributed by atoms with van der Waals surface area (Å²) >= 11 is 0. The Kier molecular flexibility index (Phi) is 8.94. The number of rotatable bonds is 10. The Balaban J connectivity index is 1.87. The van der Waals surface area contributed by atoms with Crippen molar-refractivity contribution in [2.24, 2.45) is 17.8 Å². The lowest BCUT2D eigenvalue weighted by Crippen LogP contribution is -2.39. The molecular formula is C23H38O3. The van der Waals surface area contributed by atoms with Gasteiger partial charge in [0.05, 0.1) is 19.8 Å². The molecule has 1 heterocycles. The molecular weight excluding hydrogens is 324 g/mol. The number of hydrogen-bond acceptors (Lipinski definition) is 3. The van der Waals surface area contributed by atoms with Crippen LogP contribution in [-0.2, 0) is 9.47 Å². The van der Waals surface area contributed by atoms with Gasteiger partial charge in [-0.05, 0) is 30.4 Å². The van der Waals surface area contributed by atoms with Crippen LogP contribution in [0.1, 0.15) is 78.1 Å². The summed E-state index contributed by atoms with van der Waals surface area (Å²) in [5.74, 6) is 2.61. The molecule has 0 N–H and O–H groups in total. The maximum Gasteiger partial charge on any atom is 0.184 e. The Morgan fingerprint density at radius 3 is 2.50 bits per heavy atom. The zero-order chi connectivity index (χ0) is 18.9. The molecule has 0 aromatic heterocycles. The Hall–Kier alpha value is -1.06. The van der Waals surface area contributed by atoms with E-state index in [4.69, 9.17) is 14.2 Å². The van der Waals surface area contributed by atoms with Crippen molar-refractivity contribution in [1.82, 2.24) is 0 Å². The SMILES string of the molecule is CCCCCC[C@H](C)C[C@H](C)[C@H]1OC(c2ccc(OC)cc2)OC[C@@H]1C. The van der Waals surface area contributed by atoms with E-state index in [1.807, 2.05) is 24.3 Å². The van der Waals surface area contributed by atoms with E-state index in [0.29, 0.717) is 11.8 Å². The van der Waals surface area contributed by atoms with Crippen LogP contribution >= 0.6 is 0 Å². The summed E-state index contributed by atoms with van der Waals surface area (Å²) in [6, 6.07) is 8.02. The third kappa shape index (κ3) is 6.28. The molecule has 1 aromatic rings. The zero-order valence-electron chi connectivity index (χ0n) is 17.4. The van der Waals surface area contributed by atoms with Gasteiger partial charge in [0, 0.05) is 11.5 Å². The van der Waals surface area contributed by atoms with E-state index in [9.17, 15) is 0 Å². The number of benzene rings is 1. The number of methoxy groups -OCH3 is 1. The number of ether oxygens (including phenoxy) is 3. The van der Waals surface area contributed by atoms with Gasteiger partial charge < -0.3 is 14.2 Å². The van der Waals surface area contributed by atoms with E-state index in [-0.39, 0.29) is 12.4 Å². The standard InChI is InChI=1S/C23H38O3/c1-6-7-8-9-10-17(2)15-18(3)22-19(4)16-25-23(26-22)20-11-13-21(24-5)14-12-20/h11-14,17-19,22-23H,6-10,15-16H2,1-5H3/t17-,18-,19-,22+,23?/m0/s1. The predicted octanol–water partition coefficient (Wildman–Crippen LogP) is 6.38. The summed E-state index contributed by atoms with van der Waals surface area (Å²) < 4.78 is 17.6. The van der Waals surface area contributed by atoms with Crippen LogP contribution in [0.5, 0.6) is 5.75 Å². The van der Waals surface area contributed by atoms with Gasteiger partial charge in [-0.1, -0.05) is 71.9 Å². The van der Waals surface area contributed by atoms with Crippen LogP contribution in [0.3, 0.4) is 0 Å². The summed E-state index contributed by atoms with van der Waals surface area (Å²) in [5.41, 5.74) is 1.07. The first-order chi connectivity index (χ1) is 12.5. The largest absolute Gasteiger partial charge is 0.497 e. The van der Waals surface area contributed by atoms with E-state index >= 15 is 0 Å². The molecule has 26 heavy (non-hydrogen) atoms. The van der Waals surface area contributed by atoms with Crippen molar-refractivity contribution < 1.29 is 14.2 Å². The fourth-order valence-electron chi connectivity index (χ4n) is 4.09. The first-order valence-corrected chi connectivity index (χ1v) is 10.5. The molecule has 1 saturated heterocycles. The summed E-state index contributed by atoms with van der Waals surface area (Å²) in [4.78, 5) is 0. The first-order valence-electron chi connectivity index (χ1n) is 10.5. The highest BCUT2D eigenvalue weighted by Gasteiger charge is 2.34. The van der Waals surface area contributed by atoms with Gasteiger partial charge in [-0.25, -0.2) is 0 Å². The molecule has 3 heteroatoms. The molecule has 0 radical (unpaired) electrons. The molecule has 1 fully saturated rings. The molecule has 5 atom stereocenters. The van der Waals surface area contributed by atoms with Crippen molar-refractivity contribution in [2.75, 3.05) is 13.7 Å². The Labute approximate surface area is 160 Å². The Bertz CT molecular complexity index is 499. The normalized spacial score (nSPS) is 25.7. The van der Waals surface area contributed by atoms with Crippen LogP contribution in [0.2, 0.25) is 0 Å². The Morgan fingerprint density at radius 2 is 1.85 bits per heavy atom. The fourth-order valence-corrected chi connectivity index (χ4v) is 4.09. The minimum atomic E-state index is -0.260. The highest BCUT2D eigenvalue weighted by atomic mass is 16.7. The van der Waals surface area contributed by atoms with Gasteiger partial charge in [-0.2, -0.15) is 0 Å². The van der Waals surface area contributed by atoms with Crippen molar-refractivity contribution >= 4 is 0 Å². The van der Waals surface area contributed by atoms with Crippen LogP contribution in [0.15, 0.2) is 24.3 Å². The predicted molar refractivity (Wildman–Crippen MR) is 107 cm³/mol. The van der Waals surface area contributed by atoms with Gasteiger partial charge in [-0.3, -0.25) is 0 Å². The van der Waals surface area contributed by atoms with E-state index in [0.717, 1.165) is 23.8 Å². The van der Waals surface area contributed by atoms with Crippen LogP contribution in [0, 0.1) is 17.8 Å². The second-order valence-corrected chi connectivity index (χ2v) is 8.18. The summed E-state index contributed by atoms with van der Waals surface area (Å²) in [6.45, 7) is 10.0. The van der Waals surface area contributed by atoms with Gasteiger partial charge in [-0.15, -0.1) is 0 Å². The van der Waals surface area contributed by atoms with Crippen LogP contribution in [-0.4, -0.2) is 19.8 Å². The van der Waals surface area contributed by atoms with Crippen LogP contribution in [0.4, 0.5) is 0 Å². The van der Waals surface area contributed by atoms with E-state index in [1.165, 1.54) is 38.5 Å². The molecule has 0 bridgehead atoms. The fraction of sp³-hybridized carbons (Fsp3) is 0.739. The summed E-state index contributed by atoms with van der Waals surface area (Å²) in [6.07, 6.45) is 7.98. The van der Waals surface area contributed by atoms with Crippen LogP contribution < -0.4 is 4.74 Å². The quantitative estimate of drug-likeness (QED) is 0.452. The molecule has 1 unspecified atom stereocenters. The average molecular weight is 363 g/mol. The van der Waals surface area contributed by atoms with E-state index < -0.39 is 0 Å². The molecule has 0 spiro atoms. The molecule has 2 rings (SSSR count). The lowest BCUT2D eigenvalue weighted by molar-refractivity contribution is -0.250. The molecule has 0 saturated carbocycles. The van der Waals surface area contributed by atoms with Crippen molar-refractivity contribution in [1.29, 1.82) is 0 Å². The van der Waals surface area contributed by atoms with Gasteiger partial charge in [0.2, 0.25) is 0 Å². The molecule has 0 aliphatic carbocycles. The van der Waals surface area contributed by atoms with Crippen molar-refractivity contribution in [3.63, 3.8) is 0 Å². The zero-order valence-corrected chi connectivity index (χ0v) is 17.4. The number of hydrogen-bond donors (Lipinski definition) is 0. The minimum absolute atomic E-state index is 0.258. The molecule has 148 valence electrons. The lowest BCUT2D eigenvalue weighted by atomic mass is 9.84. The highest BCUT2D eigenvalue weighted by Crippen LogP contribution is 2.35. The van der Waals surface area contributed by atoms with Gasteiger partial charge >= 0.3 is 0 Å². The second kappa shape index (κ2) is 10.9. The average Bonchev–Trinajstić information content (AvgIpc) is 2.65. The number of unbranched alkanes of at least 4 members (excludes halogenated alkanes) is 3. The maximum atomic E-state index is 6.40. The van der Waals surface area contributed by atoms with Gasteiger partial charge in [0.1, 0.15) is 5.75 Å². The highest BCUT2D eigenvalue weighted by molar-refractivity contribution is 5.28. The second-order valence-electron chi connectivity index (χ2n) is 8.18. The summed E-state index contributed by atoms with van der Waals surface area (Å²) in [7, 11) is 1.69. The molecule has 1 aliphatic heterocycles. The van der Waals surface area contributed by atoms with Crippen molar-refractivity contribution in [3.05, 3.63) is 29.8 Å². The smallest absolute Gasteiger partial charge is 0.184 e. The molecule has 1 aliphatic rings. The van der Waals surface area contributed by atoms with Crippen molar-refractivity contribution in [3.8, 4) is 5.75 Å². The molecule has 1 aromatic carbocycles.